The number of fused-ring (bicyclic) bond motifs is 2. The highest BCUT2D eigenvalue weighted by Crippen LogP contribution is 2.35. The normalized spacial score (nSPS) is 27.1. The van der Waals surface area contributed by atoms with Crippen LogP contribution in [0.2, 0.25) is 0 Å². The third-order valence-corrected chi connectivity index (χ3v) is 4.64. The first kappa shape index (κ1) is 11.2. The predicted octanol–water partition coefficient (Wildman–Crippen LogP) is 2.23. The van der Waals surface area contributed by atoms with E-state index in [1.54, 1.807) is 0 Å². The molecule has 1 aromatic heterocycles. The van der Waals surface area contributed by atoms with Crippen molar-refractivity contribution >= 4 is 16.6 Å². The molecule has 2 aromatic rings. The number of rotatable bonds is 1. The summed E-state index contributed by atoms with van der Waals surface area (Å²) in [7, 11) is 2.24. The lowest BCUT2D eigenvalue weighted by molar-refractivity contribution is 0.387. The largest absolute Gasteiger partial charge is 0.370 e. The molecule has 2 aliphatic heterocycles. The van der Waals surface area contributed by atoms with Crippen LogP contribution in [-0.4, -0.2) is 43.1 Å². The minimum atomic E-state index is 0.844. The molecule has 19 heavy (non-hydrogen) atoms. The topological polar surface area (TPSA) is 19.4 Å². The SMILES string of the molecule is CN1CC2CN(c3ccnc4ccccc34)CC2C1. The molecule has 0 aliphatic carbocycles. The molecular formula is C16H19N3. The molecule has 2 fully saturated rings. The van der Waals surface area contributed by atoms with E-state index in [-0.39, 0.29) is 0 Å². The van der Waals surface area contributed by atoms with Crippen molar-refractivity contribution in [3.05, 3.63) is 36.5 Å². The number of pyridine rings is 1. The number of nitrogens with zero attached hydrogens (tertiary/aromatic N) is 3. The summed E-state index contributed by atoms with van der Waals surface area (Å²) in [6.45, 7) is 4.90. The van der Waals surface area contributed by atoms with E-state index in [2.05, 4.69) is 52.2 Å². The van der Waals surface area contributed by atoms with Crippen LogP contribution in [0, 0.1) is 11.8 Å². The summed E-state index contributed by atoms with van der Waals surface area (Å²) < 4.78 is 0. The molecule has 2 atom stereocenters. The number of hydrogen-bond acceptors (Lipinski definition) is 3. The van der Waals surface area contributed by atoms with Gasteiger partial charge in [0.2, 0.25) is 0 Å². The van der Waals surface area contributed by atoms with Gasteiger partial charge in [-0.05, 0) is 31.0 Å². The predicted molar refractivity (Wildman–Crippen MR) is 78.4 cm³/mol. The van der Waals surface area contributed by atoms with Crippen LogP contribution < -0.4 is 4.90 Å². The third kappa shape index (κ3) is 1.80. The molecule has 3 heteroatoms. The van der Waals surface area contributed by atoms with Crippen LogP contribution in [0.3, 0.4) is 0 Å². The van der Waals surface area contributed by atoms with Crippen molar-refractivity contribution in [2.24, 2.45) is 11.8 Å². The minimum Gasteiger partial charge on any atom is -0.370 e. The fraction of sp³-hybridized carbons (Fsp3) is 0.438. The Morgan fingerprint density at radius 1 is 1.00 bits per heavy atom. The summed E-state index contributed by atoms with van der Waals surface area (Å²) in [5.74, 6) is 1.69. The van der Waals surface area contributed by atoms with E-state index in [4.69, 9.17) is 0 Å². The van der Waals surface area contributed by atoms with Crippen molar-refractivity contribution in [1.82, 2.24) is 9.88 Å². The van der Waals surface area contributed by atoms with E-state index in [1.807, 2.05) is 6.20 Å². The van der Waals surface area contributed by atoms with Crippen LogP contribution in [0.5, 0.6) is 0 Å². The molecule has 3 heterocycles. The highest BCUT2D eigenvalue weighted by atomic mass is 15.2. The lowest BCUT2D eigenvalue weighted by atomic mass is 10.0. The number of benzene rings is 1. The van der Waals surface area contributed by atoms with Crippen molar-refractivity contribution in [2.45, 2.75) is 0 Å². The Kier molecular flexibility index (Phi) is 2.49. The van der Waals surface area contributed by atoms with E-state index >= 15 is 0 Å². The average Bonchev–Trinajstić information content (AvgIpc) is 2.95. The first-order chi connectivity index (χ1) is 9.31. The van der Waals surface area contributed by atoms with Crippen molar-refractivity contribution in [1.29, 1.82) is 0 Å². The van der Waals surface area contributed by atoms with Gasteiger partial charge >= 0.3 is 0 Å². The molecule has 0 saturated carbocycles. The monoisotopic (exact) mass is 253 g/mol. The van der Waals surface area contributed by atoms with Crippen LogP contribution in [0.25, 0.3) is 10.9 Å². The molecule has 0 bridgehead atoms. The molecule has 3 nitrogen and oxygen atoms in total. The second-order valence-corrected chi connectivity index (χ2v) is 5.99. The van der Waals surface area contributed by atoms with E-state index in [9.17, 15) is 0 Å². The smallest absolute Gasteiger partial charge is 0.0722 e. The zero-order valence-corrected chi connectivity index (χ0v) is 11.3. The number of likely N-dealkylation sites (tertiary alicyclic amines) is 1. The maximum atomic E-state index is 4.46. The van der Waals surface area contributed by atoms with Gasteiger partial charge in [0.1, 0.15) is 0 Å². The van der Waals surface area contributed by atoms with Crippen LogP contribution in [0.15, 0.2) is 36.5 Å². The summed E-state index contributed by atoms with van der Waals surface area (Å²) in [6.07, 6.45) is 1.94. The first-order valence-corrected chi connectivity index (χ1v) is 7.08. The van der Waals surface area contributed by atoms with Crippen LogP contribution in [0.1, 0.15) is 0 Å². The van der Waals surface area contributed by atoms with E-state index in [1.165, 1.54) is 37.3 Å². The zero-order chi connectivity index (χ0) is 12.8. The Labute approximate surface area is 113 Å². The lowest BCUT2D eigenvalue weighted by Gasteiger charge is -2.22. The molecule has 4 rings (SSSR count). The van der Waals surface area contributed by atoms with Crippen LogP contribution >= 0.6 is 0 Å². The Balaban J connectivity index is 1.69. The number of aromatic nitrogens is 1. The molecular weight excluding hydrogens is 234 g/mol. The minimum absolute atomic E-state index is 0.844. The fourth-order valence-electron chi connectivity index (χ4n) is 3.78. The van der Waals surface area contributed by atoms with Crippen molar-refractivity contribution < 1.29 is 0 Å². The molecule has 98 valence electrons. The summed E-state index contributed by atoms with van der Waals surface area (Å²) in [5.41, 5.74) is 2.47. The van der Waals surface area contributed by atoms with Gasteiger partial charge in [-0.3, -0.25) is 4.98 Å². The van der Waals surface area contributed by atoms with Crippen LogP contribution in [-0.2, 0) is 0 Å². The average molecular weight is 253 g/mol. The number of anilines is 1. The first-order valence-electron chi connectivity index (χ1n) is 7.08. The number of hydrogen-bond donors (Lipinski definition) is 0. The van der Waals surface area contributed by atoms with Gasteiger partial charge in [-0.1, -0.05) is 18.2 Å². The zero-order valence-electron chi connectivity index (χ0n) is 11.3. The van der Waals surface area contributed by atoms with E-state index in [0.29, 0.717) is 0 Å². The maximum Gasteiger partial charge on any atom is 0.0722 e. The Morgan fingerprint density at radius 2 is 1.74 bits per heavy atom. The van der Waals surface area contributed by atoms with Gasteiger partial charge in [-0.2, -0.15) is 0 Å². The van der Waals surface area contributed by atoms with Crippen molar-refractivity contribution in [3.8, 4) is 0 Å². The van der Waals surface area contributed by atoms with Gasteiger partial charge in [0.25, 0.3) is 0 Å². The molecule has 0 spiro atoms. The molecule has 2 saturated heterocycles. The van der Waals surface area contributed by atoms with Gasteiger partial charge in [-0.15, -0.1) is 0 Å². The second-order valence-electron chi connectivity index (χ2n) is 5.99. The van der Waals surface area contributed by atoms with Gasteiger partial charge in [0.15, 0.2) is 0 Å². The van der Waals surface area contributed by atoms with Gasteiger partial charge in [-0.25, -0.2) is 0 Å². The third-order valence-electron chi connectivity index (χ3n) is 4.64. The standard InChI is InChI=1S/C16H19N3/c1-18-8-12-10-19(11-13(12)9-18)16-6-7-17-15-5-3-2-4-14(15)16/h2-7,12-13H,8-11H2,1H3. The second kappa shape index (κ2) is 4.20. The summed E-state index contributed by atoms with van der Waals surface area (Å²) in [5, 5.41) is 1.29. The van der Waals surface area contributed by atoms with Crippen molar-refractivity contribution in [2.75, 3.05) is 38.1 Å². The quantitative estimate of drug-likeness (QED) is 0.777. The summed E-state index contributed by atoms with van der Waals surface area (Å²) in [6, 6.07) is 10.6. The van der Waals surface area contributed by atoms with Gasteiger partial charge < -0.3 is 9.80 Å². The fourth-order valence-corrected chi connectivity index (χ4v) is 3.78. The van der Waals surface area contributed by atoms with Gasteiger partial charge in [0, 0.05) is 43.4 Å². The lowest BCUT2D eigenvalue weighted by Crippen LogP contribution is -2.26. The number of para-hydroxylation sites is 1. The summed E-state index contributed by atoms with van der Waals surface area (Å²) in [4.78, 5) is 9.49. The maximum absolute atomic E-state index is 4.46. The Bertz CT molecular complexity index is 590. The van der Waals surface area contributed by atoms with Crippen molar-refractivity contribution in [3.63, 3.8) is 0 Å². The molecule has 2 aliphatic rings. The van der Waals surface area contributed by atoms with E-state index < -0.39 is 0 Å². The molecule has 0 N–H and O–H groups in total. The molecule has 2 unspecified atom stereocenters. The Hall–Kier alpha value is -1.61. The molecule has 0 amide bonds. The van der Waals surface area contributed by atoms with Gasteiger partial charge in [0.05, 0.1) is 5.52 Å². The molecule has 0 radical (unpaired) electrons. The Morgan fingerprint density at radius 3 is 2.53 bits per heavy atom. The van der Waals surface area contributed by atoms with Crippen LogP contribution in [0.4, 0.5) is 5.69 Å². The van der Waals surface area contributed by atoms with E-state index in [0.717, 1.165) is 17.4 Å². The highest BCUT2D eigenvalue weighted by Gasteiger charge is 2.38. The molecule has 1 aromatic carbocycles. The summed E-state index contributed by atoms with van der Waals surface area (Å²) >= 11 is 0. The highest BCUT2D eigenvalue weighted by molar-refractivity contribution is 5.91.